The van der Waals surface area contributed by atoms with Crippen LogP contribution in [0.2, 0.25) is 0 Å². The maximum absolute atomic E-state index is 12.7. The normalized spacial score (nSPS) is 20.8. The summed E-state index contributed by atoms with van der Waals surface area (Å²) in [4.78, 5) is 27.2. The van der Waals surface area contributed by atoms with Crippen LogP contribution in [0.5, 0.6) is 5.75 Å². The van der Waals surface area contributed by atoms with Crippen LogP contribution in [0.25, 0.3) is 0 Å². The molecular weight excluding hydrogens is 398 g/mol. The Hall–Kier alpha value is -2.54. The van der Waals surface area contributed by atoms with Gasteiger partial charge in [-0.1, -0.05) is 12.1 Å². The van der Waals surface area contributed by atoms with Crippen molar-refractivity contribution in [1.29, 1.82) is 0 Å². The van der Waals surface area contributed by atoms with Gasteiger partial charge in [0.1, 0.15) is 11.8 Å². The lowest BCUT2D eigenvalue weighted by atomic mass is 10.1. The maximum Gasteiger partial charge on any atom is 0.252 e. The summed E-state index contributed by atoms with van der Waals surface area (Å²) in [6, 6.07) is 12.6. The van der Waals surface area contributed by atoms with Crippen molar-refractivity contribution in [2.45, 2.75) is 18.5 Å². The van der Waals surface area contributed by atoms with Gasteiger partial charge in [-0.2, -0.15) is 0 Å². The number of methoxy groups -OCH3 is 1. The monoisotopic (exact) mass is 415 g/mol. The van der Waals surface area contributed by atoms with Gasteiger partial charge in [-0.05, 0) is 52.7 Å². The van der Waals surface area contributed by atoms with Gasteiger partial charge in [0.25, 0.3) is 5.91 Å². The molecule has 2 N–H and O–H groups in total. The third-order valence-electron chi connectivity index (χ3n) is 4.83. The third kappa shape index (κ3) is 2.92. The molecule has 2 amide bonds. The van der Waals surface area contributed by atoms with Crippen molar-refractivity contribution in [3.8, 4) is 5.75 Å². The number of anilines is 2. The second-order valence-corrected chi connectivity index (χ2v) is 7.28. The van der Waals surface area contributed by atoms with Crippen LogP contribution in [-0.2, 0) is 4.79 Å². The molecule has 6 nitrogen and oxygen atoms in total. The van der Waals surface area contributed by atoms with Gasteiger partial charge in [-0.15, -0.1) is 0 Å². The van der Waals surface area contributed by atoms with Crippen molar-refractivity contribution >= 4 is 39.1 Å². The van der Waals surface area contributed by atoms with Gasteiger partial charge in [-0.25, -0.2) is 0 Å². The van der Waals surface area contributed by atoms with E-state index in [2.05, 4.69) is 31.5 Å². The van der Waals surface area contributed by atoms with Crippen LogP contribution in [0.1, 0.15) is 16.8 Å². The zero-order chi connectivity index (χ0) is 18.3. The first kappa shape index (κ1) is 16.9. The largest absolute Gasteiger partial charge is 0.497 e. The summed E-state index contributed by atoms with van der Waals surface area (Å²) in [6.45, 7) is 0.600. The Morgan fingerprint density at radius 1 is 1.31 bits per heavy atom. The molecule has 2 aliphatic heterocycles. The molecule has 2 heterocycles. The summed E-state index contributed by atoms with van der Waals surface area (Å²) in [5.74, 6) is 0.410. The second kappa shape index (κ2) is 6.64. The van der Waals surface area contributed by atoms with E-state index in [0.29, 0.717) is 28.8 Å². The first-order valence-electron chi connectivity index (χ1n) is 8.38. The van der Waals surface area contributed by atoms with Crippen LogP contribution in [0.4, 0.5) is 11.4 Å². The molecule has 0 aromatic heterocycles. The summed E-state index contributed by atoms with van der Waals surface area (Å²) >= 11 is 3.41. The Morgan fingerprint density at radius 2 is 2.12 bits per heavy atom. The van der Waals surface area contributed by atoms with E-state index < -0.39 is 0 Å². The number of fused-ring (bicyclic) bond motifs is 3. The molecule has 134 valence electrons. The van der Waals surface area contributed by atoms with Gasteiger partial charge in [0, 0.05) is 17.1 Å². The van der Waals surface area contributed by atoms with Crippen molar-refractivity contribution in [3.05, 3.63) is 52.5 Å². The zero-order valence-corrected chi connectivity index (χ0v) is 15.7. The van der Waals surface area contributed by atoms with E-state index in [1.807, 2.05) is 24.3 Å². The Labute approximate surface area is 159 Å². The number of carbonyl (C=O) groups is 2. The maximum atomic E-state index is 12.7. The number of halogens is 1. The average molecular weight is 416 g/mol. The minimum atomic E-state index is -0.260. The molecule has 2 unspecified atom stereocenters. The topological polar surface area (TPSA) is 70.7 Å². The number of rotatable bonds is 3. The van der Waals surface area contributed by atoms with Crippen LogP contribution in [0.15, 0.2) is 46.9 Å². The number of hydrogen-bond acceptors (Lipinski definition) is 4. The van der Waals surface area contributed by atoms with Gasteiger partial charge in [0.2, 0.25) is 5.91 Å². The molecule has 26 heavy (non-hydrogen) atoms. The molecule has 0 radical (unpaired) electrons. The van der Waals surface area contributed by atoms with Crippen molar-refractivity contribution in [3.63, 3.8) is 0 Å². The van der Waals surface area contributed by atoms with Crippen LogP contribution in [0.3, 0.4) is 0 Å². The van der Waals surface area contributed by atoms with E-state index in [0.717, 1.165) is 11.4 Å². The fraction of sp³-hybridized carbons (Fsp3) is 0.263. The lowest BCUT2D eigenvalue weighted by molar-refractivity contribution is -0.117. The van der Waals surface area contributed by atoms with Crippen molar-refractivity contribution < 1.29 is 14.3 Å². The van der Waals surface area contributed by atoms with Crippen LogP contribution in [0, 0.1) is 0 Å². The van der Waals surface area contributed by atoms with E-state index in [1.165, 1.54) is 0 Å². The first-order chi connectivity index (χ1) is 12.6. The molecule has 0 spiro atoms. The molecule has 0 saturated carbocycles. The van der Waals surface area contributed by atoms with Crippen molar-refractivity contribution in [1.82, 2.24) is 5.32 Å². The summed E-state index contributed by atoms with van der Waals surface area (Å²) in [5, 5.41) is 5.99. The van der Waals surface area contributed by atoms with Gasteiger partial charge in [0.05, 0.1) is 24.0 Å². The number of hydrogen-bond donors (Lipinski definition) is 2. The molecule has 2 atom stereocenters. The average Bonchev–Trinajstić information content (AvgIpc) is 3.07. The summed E-state index contributed by atoms with van der Waals surface area (Å²) in [7, 11) is 1.57. The highest BCUT2D eigenvalue weighted by atomic mass is 79.9. The van der Waals surface area contributed by atoms with Gasteiger partial charge in [-0.3, -0.25) is 9.59 Å². The van der Waals surface area contributed by atoms with Crippen molar-refractivity contribution in [2.24, 2.45) is 0 Å². The number of carbonyl (C=O) groups excluding carboxylic acids is 2. The fourth-order valence-electron chi connectivity index (χ4n) is 3.57. The van der Waals surface area contributed by atoms with Crippen LogP contribution < -0.4 is 20.3 Å². The lowest BCUT2D eigenvalue weighted by Gasteiger charge is -2.32. The number of ether oxygens (including phenoxy) is 1. The molecular formula is C19H18BrN3O3. The molecule has 2 aliphatic rings. The van der Waals surface area contributed by atoms with Gasteiger partial charge >= 0.3 is 0 Å². The van der Waals surface area contributed by atoms with E-state index in [-0.39, 0.29) is 23.9 Å². The molecule has 0 bridgehead atoms. The summed E-state index contributed by atoms with van der Waals surface area (Å²) < 4.78 is 5.90. The van der Waals surface area contributed by atoms with E-state index in [9.17, 15) is 9.59 Å². The molecule has 2 aromatic rings. The number of benzene rings is 2. The standard InChI is InChI=1S/C19H18BrN3O3/c1-26-12-6-7-14(20)13(9-12)18(24)21-11-8-17-19(25)22-15-4-2-3-5-16(15)23(17)10-11/h2-7,9,11,17H,8,10H2,1H3,(H,21,24)(H,22,25). The van der Waals surface area contributed by atoms with Gasteiger partial charge < -0.3 is 20.3 Å². The highest BCUT2D eigenvalue weighted by molar-refractivity contribution is 9.10. The van der Waals surface area contributed by atoms with Gasteiger partial charge in [0.15, 0.2) is 0 Å². The first-order valence-corrected chi connectivity index (χ1v) is 9.17. The summed E-state index contributed by atoms with van der Waals surface area (Å²) in [6.07, 6.45) is 0.577. The lowest BCUT2D eigenvalue weighted by Crippen LogP contribution is -2.44. The predicted octanol–water partition coefficient (Wildman–Crippen LogP) is 2.79. The minimum absolute atomic E-state index is 0.0250. The molecule has 7 heteroatoms. The van der Waals surface area contributed by atoms with E-state index >= 15 is 0 Å². The zero-order valence-electron chi connectivity index (χ0n) is 14.2. The predicted molar refractivity (Wildman–Crippen MR) is 103 cm³/mol. The quantitative estimate of drug-likeness (QED) is 0.808. The molecule has 2 aromatic carbocycles. The van der Waals surface area contributed by atoms with E-state index in [4.69, 9.17) is 4.74 Å². The fourth-order valence-corrected chi connectivity index (χ4v) is 4.00. The molecule has 1 saturated heterocycles. The smallest absolute Gasteiger partial charge is 0.252 e. The SMILES string of the molecule is COc1ccc(Br)c(C(=O)NC2CC3C(=O)Nc4ccccc4N3C2)c1. The Kier molecular flexibility index (Phi) is 4.32. The number of nitrogens with one attached hydrogen (secondary N) is 2. The third-order valence-corrected chi connectivity index (χ3v) is 5.52. The Morgan fingerprint density at radius 3 is 2.92 bits per heavy atom. The number of amides is 2. The summed E-state index contributed by atoms with van der Waals surface area (Å²) in [5.41, 5.74) is 2.33. The molecule has 4 rings (SSSR count). The minimum Gasteiger partial charge on any atom is -0.497 e. The second-order valence-electron chi connectivity index (χ2n) is 6.43. The van der Waals surface area contributed by atoms with Crippen LogP contribution >= 0.6 is 15.9 Å². The van der Waals surface area contributed by atoms with Crippen LogP contribution in [-0.4, -0.2) is 37.6 Å². The highest BCUT2D eigenvalue weighted by Crippen LogP contribution is 2.36. The molecule has 0 aliphatic carbocycles. The highest BCUT2D eigenvalue weighted by Gasteiger charge is 2.41. The Balaban J connectivity index is 1.53. The number of para-hydroxylation sites is 2. The van der Waals surface area contributed by atoms with E-state index in [1.54, 1.807) is 25.3 Å². The Bertz CT molecular complexity index is 886. The number of nitrogens with zero attached hydrogens (tertiary/aromatic N) is 1. The molecule has 1 fully saturated rings. The van der Waals surface area contributed by atoms with Crippen molar-refractivity contribution in [2.75, 3.05) is 23.9 Å².